The van der Waals surface area contributed by atoms with Crippen LogP contribution in [0.3, 0.4) is 0 Å². The average Bonchev–Trinajstić information content (AvgIpc) is 2.37. The fourth-order valence-electron chi connectivity index (χ4n) is 2.19. The van der Waals surface area contributed by atoms with Crippen molar-refractivity contribution < 1.29 is 29.0 Å². The number of hydrogen-bond acceptors (Lipinski definition) is 7. The Balaban J connectivity index is 3.33. The van der Waals surface area contributed by atoms with Crippen molar-refractivity contribution in [3.05, 3.63) is 22.5 Å². The van der Waals surface area contributed by atoms with Gasteiger partial charge in [0.15, 0.2) is 0 Å². The summed E-state index contributed by atoms with van der Waals surface area (Å²) >= 11 is 0. The van der Waals surface area contributed by atoms with E-state index in [0.29, 0.717) is 11.4 Å². The summed E-state index contributed by atoms with van der Waals surface area (Å²) in [5.41, 5.74) is 0.331. The van der Waals surface area contributed by atoms with Crippen molar-refractivity contribution >= 4 is 17.9 Å². The molecule has 0 amide bonds. The number of esters is 2. The Morgan fingerprint density at radius 2 is 1.38 bits per heavy atom. The molecule has 0 saturated carbocycles. The number of rotatable bonds is 5. The Morgan fingerprint density at radius 3 is 1.67 bits per heavy atom. The molecule has 7 heteroatoms. The first kappa shape index (κ1) is 16.7. The normalized spacial score (nSPS) is 15.6. The molecule has 0 unspecified atom stereocenters. The highest BCUT2D eigenvalue weighted by Gasteiger charge is 2.37. The summed E-state index contributed by atoms with van der Waals surface area (Å²) in [4.78, 5) is 35.4. The Hall–Kier alpha value is -2.31. The van der Waals surface area contributed by atoms with Crippen LogP contribution in [0.1, 0.15) is 27.7 Å². The molecule has 1 N–H and O–H groups in total. The molecule has 7 nitrogen and oxygen atoms in total. The molecular formula is C14H18NO6-. The summed E-state index contributed by atoms with van der Waals surface area (Å²) < 4.78 is 9.71. The van der Waals surface area contributed by atoms with E-state index >= 15 is 0 Å². The number of ether oxygens (including phenoxy) is 2. The minimum Gasteiger partial charge on any atom is -0.549 e. The number of nitrogens with one attached hydrogen (secondary N) is 1. The predicted molar refractivity (Wildman–Crippen MR) is 70.3 cm³/mol. The SMILES string of the molecule is CCOC(=O)C1=C(C)NC(C)=C(C(=O)OCC)C1C(=O)[O-]. The van der Waals surface area contributed by atoms with Crippen molar-refractivity contribution in [1.82, 2.24) is 5.32 Å². The van der Waals surface area contributed by atoms with Crippen LogP contribution in [0.5, 0.6) is 0 Å². The van der Waals surface area contributed by atoms with Gasteiger partial charge < -0.3 is 24.7 Å². The lowest BCUT2D eigenvalue weighted by Gasteiger charge is -2.30. The number of allylic oxidation sites excluding steroid dienone is 2. The number of dihydropyridines is 1. The summed E-state index contributed by atoms with van der Waals surface area (Å²) in [5, 5.41) is 14.3. The number of carboxylic acids is 1. The summed E-state index contributed by atoms with van der Waals surface area (Å²) in [6, 6.07) is 0. The van der Waals surface area contributed by atoms with Crippen molar-refractivity contribution in [3.8, 4) is 0 Å². The molecule has 0 bridgehead atoms. The molecule has 0 saturated heterocycles. The Labute approximate surface area is 122 Å². The third-order valence-corrected chi connectivity index (χ3v) is 2.99. The van der Waals surface area contributed by atoms with Gasteiger partial charge in [0.1, 0.15) is 0 Å². The van der Waals surface area contributed by atoms with Crippen LogP contribution in [0.25, 0.3) is 0 Å². The van der Waals surface area contributed by atoms with Crippen LogP contribution in [0.15, 0.2) is 22.5 Å². The maximum Gasteiger partial charge on any atom is 0.336 e. The van der Waals surface area contributed by atoms with Gasteiger partial charge in [-0.05, 0) is 27.7 Å². The molecule has 1 aliphatic rings. The van der Waals surface area contributed by atoms with E-state index in [9.17, 15) is 19.5 Å². The highest BCUT2D eigenvalue weighted by molar-refractivity contribution is 6.04. The standard InChI is InChI=1S/C14H19NO6/c1-5-20-13(18)9-7(3)15-8(4)10(11(9)12(16)17)14(19)21-6-2/h11,15H,5-6H2,1-4H3,(H,16,17)/p-1. The Bertz CT molecular complexity index is 492. The van der Waals surface area contributed by atoms with Crippen molar-refractivity contribution in [2.45, 2.75) is 27.7 Å². The third kappa shape index (κ3) is 3.42. The van der Waals surface area contributed by atoms with Crippen LogP contribution in [0.4, 0.5) is 0 Å². The zero-order valence-corrected chi connectivity index (χ0v) is 12.4. The van der Waals surface area contributed by atoms with E-state index in [2.05, 4.69) is 5.32 Å². The largest absolute Gasteiger partial charge is 0.549 e. The fraction of sp³-hybridized carbons (Fsp3) is 0.500. The van der Waals surface area contributed by atoms with E-state index in [1.165, 1.54) is 13.8 Å². The van der Waals surface area contributed by atoms with Crippen LogP contribution in [0.2, 0.25) is 0 Å². The van der Waals surface area contributed by atoms with Crippen molar-refractivity contribution in [2.24, 2.45) is 5.92 Å². The van der Waals surface area contributed by atoms with Gasteiger partial charge in [0, 0.05) is 11.4 Å². The molecule has 0 aromatic carbocycles. The van der Waals surface area contributed by atoms with Gasteiger partial charge in [-0.2, -0.15) is 0 Å². The summed E-state index contributed by atoms with van der Waals surface area (Å²) in [6.07, 6.45) is 0. The lowest BCUT2D eigenvalue weighted by atomic mass is 9.85. The Kier molecular flexibility index (Phi) is 5.52. The second-order valence-corrected chi connectivity index (χ2v) is 4.40. The second kappa shape index (κ2) is 6.92. The van der Waals surface area contributed by atoms with Crippen LogP contribution < -0.4 is 10.4 Å². The fourth-order valence-corrected chi connectivity index (χ4v) is 2.19. The second-order valence-electron chi connectivity index (χ2n) is 4.40. The van der Waals surface area contributed by atoms with E-state index < -0.39 is 23.8 Å². The highest BCUT2D eigenvalue weighted by atomic mass is 16.5. The summed E-state index contributed by atoms with van der Waals surface area (Å²) in [7, 11) is 0. The van der Waals surface area contributed by atoms with Crippen molar-refractivity contribution in [2.75, 3.05) is 13.2 Å². The van der Waals surface area contributed by atoms with Crippen molar-refractivity contribution in [1.29, 1.82) is 0 Å². The lowest BCUT2D eigenvalue weighted by molar-refractivity contribution is -0.309. The van der Waals surface area contributed by atoms with Crippen LogP contribution in [-0.4, -0.2) is 31.1 Å². The molecule has 1 rings (SSSR count). The van der Waals surface area contributed by atoms with Crippen LogP contribution >= 0.6 is 0 Å². The van der Waals surface area contributed by atoms with Crippen LogP contribution in [0, 0.1) is 5.92 Å². The molecular weight excluding hydrogens is 278 g/mol. The summed E-state index contributed by atoms with van der Waals surface area (Å²) in [6.45, 7) is 6.46. The van der Waals surface area contributed by atoms with Crippen LogP contribution in [-0.2, 0) is 23.9 Å². The lowest BCUT2D eigenvalue weighted by Crippen LogP contribution is -2.43. The molecule has 116 valence electrons. The monoisotopic (exact) mass is 296 g/mol. The third-order valence-electron chi connectivity index (χ3n) is 2.99. The first-order valence-electron chi connectivity index (χ1n) is 6.58. The maximum absolute atomic E-state index is 12.0. The molecule has 0 aromatic heterocycles. The van der Waals surface area contributed by atoms with Crippen molar-refractivity contribution in [3.63, 3.8) is 0 Å². The molecule has 1 aliphatic heterocycles. The molecule has 0 atom stereocenters. The van der Waals surface area contributed by atoms with Gasteiger partial charge in [0.25, 0.3) is 0 Å². The van der Waals surface area contributed by atoms with Gasteiger partial charge in [0.2, 0.25) is 0 Å². The minimum absolute atomic E-state index is 0.0901. The van der Waals surface area contributed by atoms with E-state index in [1.54, 1.807) is 13.8 Å². The van der Waals surface area contributed by atoms with E-state index in [4.69, 9.17) is 9.47 Å². The molecule has 0 aliphatic carbocycles. The molecule has 0 radical (unpaired) electrons. The van der Waals surface area contributed by atoms with Gasteiger partial charge in [-0.3, -0.25) is 0 Å². The van der Waals surface area contributed by atoms with Gasteiger partial charge in [0.05, 0.1) is 36.2 Å². The molecule has 1 heterocycles. The number of carboxylic acid groups (broad SMARTS) is 1. The maximum atomic E-state index is 12.0. The molecule has 21 heavy (non-hydrogen) atoms. The van der Waals surface area contributed by atoms with E-state index in [1.807, 2.05) is 0 Å². The van der Waals surface area contributed by atoms with Gasteiger partial charge in [-0.1, -0.05) is 0 Å². The number of hydrogen-bond donors (Lipinski definition) is 1. The average molecular weight is 296 g/mol. The van der Waals surface area contributed by atoms with Gasteiger partial charge in [-0.15, -0.1) is 0 Å². The van der Waals surface area contributed by atoms with E-state index in [-0.39, 0.29) is 24.4 Å². The van der Waals surface area contributed by atoms with Gasteiger partial charge in [-0.25, -0.2) is 9.59 Å². The molecule has 0 aromatic rings. The topological polar surface area (TPSA) is 105 Å². The molecule has 0 fully saturated rings. The summed E-state index contributed by atoms with van der Waals surface area (Å²) in [5.74, 6) is -4.66. The number of carbonyl (C=O) groups excluding carboxylic acids is 3. The van der Waals surface area contributed by atoms with Gasteiger partial charge >= 0.3 is 11.9 Å². The minimum atomic E-state index is -1.55. The quantitative estimate of drug-likeness (QED) is 0.690. The first-order valence-corrected chi connectivity index (χ1v) is 6.58. The van der Waals surface area contributed by atoms with E-state index in [0.717, 1.165) is 0 Å². The molecule has 0 spiro atoms. The predicted octanol–water partition coefficient (Wildman–Crippen LogP) is -0.370. The number of aliphatic carboxylic acids is 1. The zero-order valence-electron chi connectivity index (χ0n) is 12.4. The Morgan fingerprint density at radius 1 is 1.00 bits per heavy atom. The zero-order chi connectivity index (χ0) is 16.2. The first-order chi connectivity index (χ1) is 9.84. The number of carbonyl (C=O) groups is 3. The smallest absolute Gasteiger partial charge is 0.336 e. The highest BCUT2D eigenvalue weighted by Crippen LogP contribution is 2.31.